The van der Waals surface area contributed by atoms with Crippen LogP contribution in [0, 0.1) is 11.8 Å². The molecule has 1 aromatic rings. The lowest BCUT2D eigenvalue weighted by atomic mass is 10.0. The molecule has 1 heterocycles. The van der Waals surface area contributed by atoms with Gasteiger partial charge in [0.15, 0.2) is 0 Å². The van der Waals surface area contributed by atoms with Crippen LogP contribution in [0.25, 0.3) is 0 Å². The molecule has 0 aromatic heterocycles. The highest BCUT2D eigenvalue weighted by Gasteiger charge is 2.44. The number of alkyl halides is 3. The minimum absolute atomic E-state index is 0. The number of rotatable bonds is 5. The summed E-state index contributed by atoms with van der Waals surface area (Å²) in [5.41, 5.74) is -0.0326. The van der Waals surface area contributed by atoms with Crippen LogP contribution in [0.1, 0.15) is 36.3 Å². The quantitative estimate of drug-likeness (QED) is 0.843. The van der Waals surface area contributed by atoms with E-state index in [9.17, 15) is 18.0 Å². The SMILES string of the molecule is Cl.O=C(NCCC1CCNC1)C1CC1c1cccc(C(F)(F)F)c1. The highest BCUT2D eigenvalue weighted by molar-refractivity contribution is 5.85. The Morgan fingerprint density at radius 2 is 2.12 bits per heavy atom. The number of halogens is 4. The van der Waals surface area contributed by atoms with Crippen LogP contribution in [-0.2, 0) is 11.0 Å². The van der Waals surface area contributed by atoms with Crippen LogP contribution in [-0.4, -0.2) is 25.5 Å². The van der Waals surface area contributed by atoms with Gasteiger partial charge in [0.05, 0.1) is 5.56 Å². The molecule has 24 heavy (non-hydrogen) atoms. The Bertz CT molecular complexity index is 573. The first-order valence-corrected chi connectivity index (χ1v) is 8.11. The minimum Gasteiger partial charge on any atom is -0.356 e. The largest absolute Gasteiger partial charge is 0.416 e. The molecule has 1 amide bonds. The zero-order valence-corrected chi connectivity index (χ0v) is 14.1. The summed E-state index contributed by atoms with van der Waals surface area (Å²) in [4.78, 5) is 12.1. The Kier molecular flexibility index (Phi) is 6.15. The molecule has 1 aliphatic carbocycles. The van der Waals surface area contributed by atoms with Crippen molar-refractivity contribution in [2.75, 3.05) is 19.6 Å². The number of nitrogens with one attached hydrogen (secondary N) is 2. The first kappa shape index (κ1) is 19.1. The first-order valence-electron chi connectivity index (χ1n) is 8.11. The summed E-state index contributed by atoms with van der Waals surface area (Å²) >= 11 is 0. The molecule has 3 atom stereocenters. The zero-order valence-electron chi connectivity index (χ0n) is 13.2. The summed E-state index contributed by atoms with van der Waals surface area (Å²) in [6.45, 7) is 2.70. The molecule has 3 nitrogen and oxygen atoms in total. The molecule has 7 heteroatoms. The van der Waals surface area contributed by atoms with E-state index >= 15 is 0 Å². The van der Waals surface area contributed by atoms with E-state index < -0.39 is 11.7 Å². The second-order valence-electron chi connectivity index (χ2n) is 6.51. The van der Waals surface area contributed by atoms with E-state index in [0.29, 0.717) is 24.4 Å². The normalized spacial score (nSPS) is 25.9. The molecule has 2 aliphatic rings. The van der Waals surface area contributed by atoms with Crippen molar-refractivity contribution in [3.05, 3.63) is 35.4 Å². The maximum absolute atomic E-state index is 12.7. The number of carbonyl (C=O) groups excluding carboxylic acids is 1. The van der Waals surface area contributed by atoms with E-state index in [1.807, 2.05) is 0 Å². The fourth-order valence-electron chi connectivity index (χ4n) is 3.29. The van der Waals surface area contributed by atoms with Gasteiger partial charge in [0.1, 0.15) is 0 Å². The molecule has 1 aliphatic heterocycles. The number of benzene rings is 1. The van der Waals surface area contributed by atoms with Crippen molar-refractivity contribution in [1.29, 1.82) is 0 Å². The molecule has 0 radical (unpaired) electrons. The lowest BCUT2D eigenvalue weighted by Gasteiger charge is -2.10. The van der Waals surface area contributed by atoms with Crippen LogP contribution in [0.3, 0.4) is 0 Å². The molecule has 134 valence electrons. The van der Waals surface area contributed by atoms with Gasteiger partial charge in [0.25, 0.3) is 0 Å². The number of hydrogen-bond acceptors (Lipinski definition) is 2. The van der Waals surface area contributed by atoms with Gasteiger partial charge < -0.3 is 10.6 Å². The van der Waals surface area contributed by atoms with Gasteiger partial charge in [-0.3, -0.25) is 4.79 Å². The van der Waals surface area contributed by atoms with Crippen LogP contribution < -0.4 is 10.6 Å². The summed E-state index contributed by atoms with van der Waals surface area (Å²) in [6, 6.07) is 5.33. The Morgan fingerprint density at radius 3 is 2.79 bits per heavy atom. The average molecular weight is 363 g/mol. The molecule has 1 saturated carbocycles. The van der Waals surface area contributed by atoms with E-state index in [-0.39, 0.29) is 30.2 Å². The van der Waals surface area contributed by atoms with Crippen molar-refractivity contribution < 1.29 is 18.0 Å². The Balaban J connectivity index is 0.00000208. The highest BCUT2D eigenvalue weighted by atomic mass is 35.5. The molecular formula is C17H22ClF3N2O. The van der Waals surface area contributed by atoms with Gasteiger partial charge in [0.2, 0.25) is 5.91 Å². The Labute approximate surface area is 145 Å². The fraction of sp³-hybridized carbons (Fsp3) is 0.588. The van der Waals surface area contributed by atoms with Crippen LogP contribution in [0.2, 0.25) is 0 Å². The predicted octanol–water partition coefficient (Wildman–Crippen LogP) is 3.35. The lowest BCUT2D eigenvalue weighted by Crippen LogP contribution is -2.28. The van der Waals surface area contributed by atoms with Crippen molar-refractivity contribution >= 4 is 18.3 Å². The highest BCUT2D eigenvalue weighted by Crippen LogP contribution is 2.48. The molecule has 2 fully saturated rings. The second-order valence-corrected chi connectivity index (χ2v) is 6.51. The molecule has 1 saturated heterocycles. The Morgan fingerprint density at radius 1 is 1.33 bits per heavy atom. The smallest absolute Gasteiger partial charge is 0.356 e. The van der Waals surface area contributed by atoms with Crippen molar-refractivity contribution in [3.8, 4) is 0 Å². The minimum atomic E-state index is -4.34. The van der Waals surface area contributed by atoms with Crippen molar-refractivity contribution in [3.63, 3.8) is 0 Å². The van der Waals surface area contributed by atoms with Gasteiger partial charge in [-0.2, -0.15) is 13.2 Å². The fourth-order valence-corrected chi connectivity index (χ4v) is 3.29. The van der Waals surface area contributed by atoms with Crippen LogP contribution >= 0.6 is 12.4 Å². The average Bonchev–Trinajstić information content (AvgIpc) is 3.16. The van der Waals surface area contributed by atoms with Gasteiger partial charge in [-0.25, -0.2) is 0 Å². The molecule has 0 bridgehead atoms. The second kappa shape index (κ2) is 7.74. The van der Waals surface area contributed by atoms with E-state index in [1.165, 1.54) is 12.1 Å². The zero-order chi connectivity index (χ0) is 16.4. The monoisotopic (exact) mass is 362 g/mol. The van der Waals surface area contributed by atoms with Gasteiger partial charge in [-0.05, 0) is 55.8 Å². The summed E-state index contributed by atoms with van der Waals surface area (Å²) in [5, 5.41) is 6.21. The van der Waals surface area contributed by atoms with Gasteiger partial charge >= 0.3 is 6.18 Å². The molecule has 2 N–H and O–H groups in total. The maximum atomic E-state index is 12.7. The van der Waals surface area contributed by atoms with E-state index in [4.69, 9.17) is 0 Å². The standard InChI is InChI=1S/C17H21F3N2O.ClH/c18-17(19,20)13-3-1-2-12(8-13)14-9-15(14)16(23)22-7-5-11-4-6-21-10-11;/h1-3,8,11,14-15,21H,4-7,9-10H2,(H,22,23);1H. The number of hydrogen-bond donors (Lipinski definition) is 2. The van der Waals surface area contributed by atoms with Crippen molar-refractivity contribution in [2.24, 2.45) is 11.8 Å². The molecular weight excluding hydrogens is 341 g/mol. The van der Waals surface area contributed by atoms with E-state index in [1.54, 1.807) is 6.07 Å². The molecule has 3 unspecified atom stereocenters. The van der Waals surface area contributed by atoms with Crippen molar-refractivity contribution in [2.45, 2.75) is 31.4 Å². The van der Waals surface area contributed by atoms with Crippen LogP contribution in [0.5, 0.6) is 0 Å². The van der Waals surface area contributed by atoms with E-state index in [2.05, 4.69) is 10.6 Å². The third-order valence-electron chi connectivity index (χ3n) is 4.78. The topological polar surface area (TPSA) is 41.1 Å². The van der Waals surface area contributed by atoms with Crippen LogP contribution in [0.4, 0.5) is 13.2 Å². The first-order chi connectivity index (χ1) is 10.9. The predicted molar refractivity (Wildman–Crippen MR) is 88.1 cm³/mol. The summed E-state index contributed by atoms with van der Waals surface area (Å²) in [5.74, 6) is 0.331. The van der Waals surface area contributed by atoms with Gasteiger partial charge in [-0.1, -0.05) is 18.2 Å². The number of carbonyl (C=O) groups is 1. The summed E-state index contributed by atoms with van der Waals surface area (Å²) in [6.07, 6.45) is -1.60. The Hall–Kier alpha value is -1.27. The lowest BCUT2D eigenvalue weighted by molar-refractivity contribution is -0.137. The third-order valence-corrected chi connectivity index (χ3v) is 4.78. The van der Waals surface area contributed by atoms with Gasteiger partial charge in [-0.15, -0.1) is 12.4 Å². The molecule has 1 aromatic carbocycles. The molecule has 3 rings (SSSR count). The molecule has 0 spiro atoms. The maximum Gasteiger partial charge on any atom is 0.416 e. The van der Waals surface area contributed by atoms with Gasteiger partial charge in [0, 0.05) is 12.5 Å². The number of amides is 1. The van der Waals surface area contributed by atoms with Crippen molar-refractivity contribution in [1.82, 2.24) is 10.6 Å². The third kappa shape index (κ3) is 4.63. The summed E-state index contributed by atoms with van der Waals surface area (Å²) < 4.78 is 38.2. The van der Waals surface area contributed by atoms with E-state index in [0.717, 1.165) is 32.0 Å². The summed E-state index contributed by atoms with van der Waals surface area (Å²) in [7, 11) is 0. The van der Waals surface area contributed by atoms with Crippen LogP contribution in [0.15, 0.2) is 24.3 Å².